The van der Waals surface area contributed by atoms with Crippen molar-refractivity contribution >= 4 is 21.4 Å². The quantitative estimate of drug-likeness (QED) is 0.515. The Morgan fingerprint density at radius 2 is 1.54 bits per heavy atom. The monoisotopic (exact) mass is 400 g/mol. The van der Waals surface area contributed by atoms with Gasteiger partial charge >= 0.3 is 0 Å². The highest BCUT2D eigenvalue weighted by molar-refractivity contribution is 7.92. The van der Waals surface area contributed by atoms with Gasteiger partial charge in [0, 0.05) is 6.20 Å². The third-order valence-corrected chi connectivity index (χ3v) is 5.96. The zero-order valence-electron chi connectivity index (χ0n) is 14.4. The lowest BCUT2D eigenvalue weighted by Gasteiger charge is -2.24. The third-order valence-electron chi connectivity index (χ3n) is 4.21. The zero-order chi connectivity index (χ0) is 19.7. The van der Waals surface area contributed by atoms with E-state index in [1.807, 2.05) is 0 Å². The second-order valence-corrected chi connectivity index (χ2v) is 7.94. The Morgan fingerprint density at radius 1 is 0.893 bits per heavy atom. The first-order chi connectivity index (χ1) is 13.4. The van der Waals surface area contributed by atoms with E-state index in [1.54, 1.807) is 6.07 Å². The van der Waals surface area contributed by atoms with Crippen molar-refractivity contribution in [2.75, 3.05) is 4.31 Å². The van der Waals surface area contributed by atoms with Gasteiger partial charge in [-0.05, 0) is 54.1 Å². The highest BCUT2D eigenvalue weighted by atomic mass is 32.2. The summed E-state index contributed by atoms with van der Waals surface area (Å²) in [6, 6.07) is 13.6. The molecule has 0 fully saturated rings. The molecule has 0 unspecified atom stereocenters. The Balaban J connectivity index is 1.80. The predicted octanol–water partition coefficient (Wildman–Crippen LogP) is 3.40. The lowest BCUT2D eigenvalue weighted by Crippen LogP contribution is -2.30. The number of benzene rings is 2. The van der Waals surface area contributed by atoms with Gasteiger partial charge in [0.05, 0.1) is 12.2 Å². The number of sulfonamides is 1. The molecule has 4 rings (SSSR count). The Labute approximate surface area is 159 Å². The lowest BCUT2D eigenvalue weighted by molar-refractivity contribution is 0.589. The van der Waals surface area contributed by atoms with Gasteiger partial charge in [0.25, 0.3) is 10.0 Å². The predicted molar refractivity (Wildman–Crippen MR) is 99.2 cm³/mol. The normalized spacial score (nSPS) is 11.6. The maximum Gasteiger partial charge on any atom is 0.266 e. The van der Waals surface area contributed by atoms with E-state index in [0.717, 1.165) is 4.31 Å². The summed E-state index contributed by atoms with van der Waals surface area (Å²) < 4.78 is 55.9. The molecular formula is C19H14F2N4O2S. The molecule has 142 valence electrons. The molecule has 0 radical (unpaired) electrons. The summed E-state index contributed by atoms with van der Waals surface area (Å²) in [4.78, 5) is 0.0197. The van der Waals surface area contributed by atoms with Crippen LogP contribution in [0.2, 0.25) is 0 Å². The molecule has 2 aromatic heterocycles. The van der Waals surface area contributed by atoms with Crippen LogP contribution in [0.5, 0.6) is 0 Å². The van der Waals surface area contributed by atoms with E-state index in [1.165, 1.54) is 71.5 Å². The van der Waals surface area contributed by atoms with Gasteiger partial charge < -0.3 is 0 Å². The van der Waals surface area contributed by atoms with Crippen molar-refractivity contribution in [2.45, 2.75) is 11.4 Å². The molecule has 0 amide bonds. The molecule has 0 N–H and O–H groups in total. The van der Waals surface area contributed by atoms with Crippen molar-refractivity contribution < 1.29 is 17.2 Å². The van der Waals surface area contributed by atoms with Crippen molar-refractivity contribution in [3.8, 4) is 0 Å². The highest BCUT2D eigenvalue weighted by Crippen LogP contribution is 2.26. The van der Waals surface area contributed by atoms with Gasteiger partial charge in [-0.1, -0.05) is 12.1 Å². The summed E-state index contributed by atoms with van der Waals surface area (Å²) in [6.45, 7) is -0.0472. The molecule has 0 saturated heterocycles. The fraction of sp³-hybridized carbons (Fsp3) is 0.0526. The first kappa shape index (κ1) is 18.1. The van der Waals surface area contributed by atoms with E-state index in [-0.39, 0.29) is 17.1 Å². The summed E-state index contributed by atoms with van der Waals surface area (Å²) in [5.41, 5.74) is 1.38. The zero-order valence-corrected chi connectivity index (χ0v) is 15.2. The number of rotatable bonds is 5. The van der Waals surface area contributed by atoms with E-state index in [2.05, 4.69) is 10.2 Å². The summed E-state index contributed by atoms with van der Waals surface area (Å²) in [5, 5.41) is 7.60. The van der Waals surface area contributed by atoms with Crippen molar-refractivity contribution in [2.24, 2.45) is 0 Å². The molecule has 0 aliphatic heterocycles. The van der Waals surface area contributed by atoms with Crippen LogP contribution in [0, 0.1) is 11.6 Å². The number of hydrogen-bond donors (Lipinski definition) is 0. The van der Waals surface area contributed by atoms with Gasteiger partial charge in [-0.2, -0.15) is 0 Å². The number of aromatic nitrogens is 3. The Hall–Kier alpha value is -3.33. The van der Waals surface area contributed by atoms with Crippen LogP contribution in [0.25, 0.3) is 5.65 Å². The Morgan fingerprint density at radius 3 is 2.21 bits per heavy atom. The van der Waals surface area contributed by atoms with Gasteiger partial charge in [0.2, 0.25) is 0 Å². The molecular weight excluding hydrogens is 386 g/mol. The first-order valence-corrected chi connectivity index (χ1v) is 9.70. The van der Waals surface area contributed by atoms with Crippen LogP contribution in [0.3, 0.4) is 0 Å². The largest absolute Gasteiger partial charge is 0.288 e. The lowest BCUT2D eigenvalue weighted by atomic mass is 10.2. The molecule has 0 aliphatic carbocycles. The van der Waals surface area contributed by atoms with Crippen LogP contribution in [0.15, 0.2) is 78.1 Å². The summed E-state index contributed by atoms with van der Waals surface area (Å²) in [6.07, 6.45) is 2.81. The van der Waals surface area contributed by atoms with Crippen LogP contribution in [0.1, 0.15) is 5.56 Å². The van der Waals surface area contributed by atoms with Crippen LogP contribution >= 0.6 is 0 Å². The Kier molecular flexibility index (Phi) is 4.52. The molecule has 6 nitrogen and oxygen atoms in total. The topological polar surface area (TPSA) is 67.6 Å². The van der Waals surface area contributed by atoms with Gasteiger partial charge in [0.15, 0.2) is 5.65 Å². The number of pyridine rings is 1. The molecule has 2 aromatic carbocycles. The summed E-state index contributed by atoms with van der Waals surface area (Å²) >= 11 is 0. The van der Waals surface area contributed by atoms with E-state index >= 15 is 0 Å². The van der Waals surface area contributed by atoms with Crippen LogP contribution in [0.4, 0.5) is 14.5 Å². The molecule has 0 spiro atoms. The highest BCUT2D eigenvalue weighted by Gasteiger charge is 2.26. The molecule has 0 aliphatic rings. The second kappa shape index (κ2) is 7.01. The molecule has 28 heavy (non-hydrogen) atoms. The number of halogens is 2. The maximum atomic E-state index is 13.4. The fourth-order valence-electron chi connectivity index (χ4n) is 2.76. The van der Waals surface area contributed by atoms with Crippen molar-refractivity contribution in [1.29, 1.82) is 0 Å². The standard InChI is InChI=1S/C19H14F2N4O2S/c20-15-3-1-14(2-4-15)11-25(17-7-5-16(21)6-8-17)28(26,27)18-9-10-19-23-22-13-24(19)12-18/h1-10,12-13H,11H2. The fourth-order valence-corrected chi connectivity index (χ4v) is 4.22. The maximum absolute atomic E-state index is 13.4. The molecule has 9 heteroatoms. The van der Waals surface area contributed by atoms with Gasteiger partial charge in [-0.15, -0.1) is 10.2 Å². The van der Waals surface area contributed by atoms with E-state index < -0.39 is 21.7 Å². The third kappa shape index (κ3) is 3.44. The van der Waals surface area contributed by atoms with Crippen LogP contribution in [-0.4, -0.2) is 23.0 Å². The molecule has 0 bridgehead atoms. The van der Waals surface area contributed by atoms with Crippen molar-refractivity contribution in [3.63, 3.8) is 0 Å². The average molecular weight is 400 g/mol. The first-order valence-electron chi connectivity index (χ1n) is 8.26. The second-order valence-electron chi connectivity index (χ2n) is 6.08. The van der Waals surface area contributed by atoms with E-state index in [9.17, 15) is 17.2 Å². The molecule has 0 atom stereocenters. The number of anilines is 1. The number of fused-ring (bicyclic) bond motifs is 1. The molecule has 4 aromatic rings. The minimum atomic E-state index is -4.00. The van der Waals surface area contributed by atoms with Crippen LogP contribution in [-0.2, 0) is 16.6 Å². The number of nitrogens with zero attached hydrogens (tertiary/aromatic N) is 4. The average Bonchev–Trinajstić information content (AvgIpc) is 3.16. The minimum Gasteiger partial charge on any atom is -0.288 e. The van der Waals surface area contributed by atoms with Crippen molar-refractivity contribution in [1.82, 2.24) is 14.6 Å². The summed E-state index contributed by atoms with van der Waals surface area (Å²) in [5.74, 6) is -0.896. The molecule has 2 heterocycles. The summed E-state index contributed by atoms with van der Waals surface area (Å²) in [7, 11) is -4.00. The van der Waals surface area contributed by atoms with Gasteiger partial charge in [-0.25, -0.2) is 17.2 Å². The van der Waals surface area contributed by atoms with E-state index in [4.69, 9.17) is 0 Å². The van der Waals surface area contributed by atoms with Crippen molar-refractivity contribution in [3.05, 3.63) is 90.4 Å². The molecule has 0 saturated carbocycles. The smallest absolute Gasteiger partial charge is 0.266 e. The van der Waals surface area contributed by atoms with E-state index in [0.29, 0.717) is 11.2 Å². The van der Waals surface area contributed by atoms with Crippen LogP contribution < -0.4 is 4.31 Å². The SMILES string of the molecule is O=S(=O)(c1ccc2nncn2c1)N(Cc1ccc(F)cc1)c1ccc(F)cc1. The van der Waals surface area contributed by atoms with Gasteiger partial charge in [0.1, 0.15) is 22.9 Å². The minimum absolute atomic E-state index is 0.0197. The number of hydrogen-bond acceptors (Lipinski definition) is 4. The van der Waals surface area contributed by atoms with Gasteiger partial charge in [-0.3, -0.25) is 8.71 Å². The Bertz CT molecular complexity index is 1220.